The van der Waals surface area contributed by atoms with Gasteiger partial charge in [0.1, 0.15) is 6.61 Å². The number of hydrogen-bond acceptors (Lipinski definition) is 6. The van der Waals surface area contributed by atoms with Gasteiger partial charge in [0.25, 0.3) is 0 Å². The molecule has 0 spiro atoms. The Hall–Kier alpha value is -0.950. The molecule has 0 bridgehead atoms. The van der Waals surface area contributed by atoms with Crippen LogP contribution in [0.1, 0.15) is 71.6 Å². The van der Waals surface area contributed by atoms with Gasteiger partial charge < -0.3 is 20.3 Å². The van der Waals surface area contributed by atoms with Crippen LogP contribution < -0.4 is 5.32 Å². The molecule has 4 saturated carbocycles. The molecule has 4 aliphatic carbocycles. The highest BCUT2D eigenvalue weighted by Crippen LogP contribution is 2.70. The van der Waals surface area contributed by atoms with E-state index in [2.05, 4.69) is 24.1 Å². The summed E-state index contributed by atoms with van der Waals surface area (Å²) in [5.74, 6) is 1.75. The molecule has 6 rings (SSSR count). The molecule has 3 N–H and O–H groups in total. The molecule has 0 aromatic heterocycles. The summed E-state index contributed by atoms with van der Waals surface area (Å²) in [7, 11) is 0. The maximum Gasteiger partial charge on any atom is 0.331 e. The number of carbonyl (C=O) groups excluding carboxylic acids is 1. The van der Waals surface area contributed by atoms with E-state index in [9.17, 15) is 15.0 Å². The summed E-state index contributed by atoms with van der Waals surface area (Å²) in [6.45, 7) is 8.51. The van der Waals surface area contributed by atoms with Crippen molar-refractivity contribution < 1.29 is 19.7 Å². The minimum absolute atomic E-state index is 0.149. The van der Waals surface area contributed by atoms with Crippen molar-refractivity contribution in [2.75, 3.05) is 32.8 Å². The van der Waals surface area contributed by atoms with E-state index >= 15 is 0 Å². The maximum atomic E-state index is 12.4. The second-order valence-electron chi connectivity index (χ2n) is 13.0. The van der Waals surface area contributed by atoms with Crippen molar-refractivity contribution in [2.45, 2.75) is 89.3 Å². The molecular weight excluding hydrogens is 428 g/mol. The van der Waals surface area contributed by atoms with Crippen molar-refractivity contribution in [2.24, 2.45) is 34.5 Å². The van der Waals surface area contributed by atoms with Crippen LogP contribution in [0.25, 0.3) is 0 Å². The first-order valence-electron chi connectivity index (χ1n) is 14.0. The first kappa shape index (κ1) is 23.4. The summed E-state index contributed by atoms with van der Waals surface area (Å²) >= 11 is 0. The normalized spacial score (nSPS) is 51.3. The van der Waals surface area contributed by atoms with Gasteiger partial charge in [-0.3, -0.25) is 4.90 Å². The SMILES string of the molecule is C[C@]12CC[C@H](N3CCNC[C@H]3CO)C[C@H]1CC[C@@H]1[C@@H]2CC[C@]2(C)[C@@H](C3=CC(=O)OC3)CC[C@]12O. The number of hydrogen-bond donors (Lipinski definition) is 3. The van der Waals surface area contributed by atoms with Gasteiger partial charge in [-0.2, -0.15) is 0 Å². The smallest absolute Gasteiger partial charge is 0.331 e. The lowest BCUT2D eigenvalue weighted by Gasteiger charge is -2.64. The molecule has 34 heavy (non-hydrogen) atoms. The van der Waals surface area contributed by atoms with E-state index < -0.39 is 5.60 Å². The van der Waals surface area contributed by atoms with Crippen LogP contribution in [-0.4, -0.2) is 71.6 Å². The lowest BCUT2D eigenvalue weighted by molar-refractivity contribution is -0.207. The zero-order valence-corrected chi connectivity index (χ0v) is 21.1. The van der Waals surface area contributed by atoms with Gasteiger partial charge in [-0.1, -0.05) is 13.8 Å². The van der Waals surface area contributed by atoms with E-state index in [1.807, 2.05) is 0 Å². The molecule has 6 nitrogen and oxygen atoms in total. The van der Waals surface area contributed by atoms with Crippen molar-refractivity contribution in [3.63, 3.8) is 0 Å². The molecular formula is C28H44N2O4. The fourth-order valence-electron chi connectivity index (χ4n) is 10.1. The maximum absolute atomic E-state index is 12.4. The van der Waals surface area contributed by atoms with Crippen molar-refractivity contribution >= 4 is 5.97 Å². The van der Waals surface area contributed by atoms with Crippen molar-refractivity contribution in [3.8, 4) is 0 Å². The van der Waals surface area contributed by atoms with Crippen LogP contribution >= 0.6 is 0 Å². The molecule has 6 heteroatoms. The van der Waals surface area contributed by atoms with Gasteiger partial charge >= 0.3 is 5.97 Å². The Morgan fingerprint density at radius 3 is 2.74 bits per heavy atom. The number of rotatable bonds is 3. The minimum Gasteiger partial charge on any atom is -0.458 e. The zero-order chi connectivity index (χ0) is 23.7. The highest BCUT2D eigenvalue weighted by atomic mass is 16.5. The van der Waals surface area contributed by atoms with Gasteiger partial charge in [0.2, 0.25) is 0 Å². The second-order valence-corrected chi connectivity index (χ2v) is 13.0. The quantitative estimate of drug-likeness (QED) is 0.548. The molecule has 2 heterocycles. The predicted octanol–water partition coefficient (Wildman–Crippen LogP) is 2.88. The molecule has 1 saturated heterocycles. The third kappa shape index (κ3) is 3.24. The Balaban J connectivity index is 1.22. The number of fused-ring (bicyclic) bond motifs is 5. The van der Waals surface area contributed by atoms with Gasteiger partial charge in [-0.25, -0.2) is 4.79 Å². The Labute approximate surface area is 204 Å². The van der Waals surface area contributed by atoms with Crippen LogP contribution in [0.4, 0.5) is 0 Å². The van der Waals surface area contributed by atoms with Gasteiger partial charge in [0.05, 0.1) is 12.2 Å². The van der Waals surface area contributed by atoms with Crippen LogP contribution in [-0.2, 0) is 9.53 Å². The molecule has 9 atom stereocenters. The van der Waals surface area contributed by atoms with Crippen LogP contribution in [0.5, 0.6) is 0 Å². The monoisotopic (exact) mass is 472 g/mol. The second kappa shape index (κ2) is 8.29. The Bertz CT molecular complexity index is 861. The number of nitrogens with one attached hydrogen (secondary N) is 1. The predicted molar refractivity (Wildman–Crippen MR) is 130 cm³/mol. The summed E-state index contributed by atoms with van der Waals surface area (Å²) < 4.78 is 5.27. The van der Waals surface area contributed by atoms with E-state index in [0.717, 1.165) is 56.8 Å². The Kier molecular flexibility index (Phi) is 5.72. The number of esters is 1. The third-order valence-electron chi connectivity index (χ3n) is 12.0. The lowest BCUT2D eigenvalue weighted by atomic mass is 9.43. The zero-order valence-electron chi connectivity index (χ0n) is 21.1. The van der Waals surface area contributed by atoms with E-state index in [0.29, 0.717) is 29.9 Å². The fraction of sp³-hybridized carbons (Fsp3) is 0.893. The van der Waals surface area contributed by atoms with Gasteiger partial charge in [-0.05, 0) is 92.4 Å². The topological polar surface area (TPSA) is 82.0 Å². The fourth-order valence-corrected chi connectivity index (χ4v) is 10.1. The third-order valence-corrected chi connectivity index (χ3v) is 12.0. The number of aliphatic hydroxyl groups is 2. The minimum atomic E-state index is -0.627. The molecule has 6 aliphatic rings. The average Bonchev–Trinajstić information content (AvgIpc) is 3.38. The molecule has 5 fully saturated rings. The Morgan fingerprint density at radius 2 is 1.97 bits per heavy atom. The number of carbonyl (C=O) groups is 1. The highest BCUT2D eigenvalue weighted by molar-refractivity contribution is 5.85. The van der Waals surface area contributed by atoms with Gasteiger partial charge in [0.15, 0.2) is 0 Å². The molecule has 190 valence electrons. The van der Waals surface area contributed by atoms with Crippen LogP contribution in [0.2, 0.25) is 0 Å². The number of aliphatic hydroxyl groups excluding tert-OH is 1. The van der Waals surface area contributed by atoms with Crippen molar-refractivity contribution in [1.82, 2.24) is 10.2 Å². The van der Waals surface area contributed by atoms with Crippen molar-refractivity contribution in [3.05, 3.63) is 11.6 Å². The summed E-state index contributed by atoms with van der Waals surface area (Å²) in [5, 5.41) is 25.8. The first-order chi connectivity index (χ1) is 16.3. The van der Waals surface area contributed by atoms with E-state index in [1.165, 1.54) is 32.1 Å². The molecule has 0 amide bonds. The number of piperazine rings is 1. The lowest BCUT2D eigenvalue weighted by Crippen LogP contribution is -2.64. The molecule has 0 radical (unpaired) electrons. The van der Waals surface area contributed by atoms with Gasteiger partial charge in [0, 0.05) is 43.2 Å². The number of ether oxygens (including phenoxy) is 1. The van der Waals surface area contributed by atoms with E-state index in [-0.39, 0.29) is 30.0 Å². The number of cyclic esters (lactones) is 1. The number of nitrogens with zero attached hydrogens (tertiary/aromatic N) is 1. The molecule has 0 aromatic carbocycles. The largest absolute Gasteiger partial charge is 0.458 e. The summed E-state index contributed by atoms with van der Waals surface area (Å²) in [4.78, 5) is 14.4. The highest BCUT2D eigenvalue weighted by Gasteiger charge is 2.67. The van der Waals surface area contributed by atoms with Gasteiger partial charge in [-0.15, -0.1) is 0 Å². The molecule has 0 aromatic rings. The summed E-state index contributed by atoms with van der Waals surface area (Å²) in [6, 6.07) is 0.847. The first-order valence-corrected chi connectivity index (χ1v) is 14.0. The van der Waals surface area contributed by atoms with Crippen LogP contribution in [0.15, 0.2) is 11.6 Å². The van der Waals surface area contributed by atoms with Crippen LogP contribution in [0.3, 0.4) is 0 Å². The van der Waals surface area contributed by atoms with Crippen LogP contribution in [0, 0.1) is 34.5 Å². The average molecular weight is 473 g/mol. The standard InChI is InChI=1S/C28H44N2O4/c1-26-8-5-20(30-12-11-29-15-21(30)16-31)14-19(26)3-4-24-23(26)6-9-27(2)22(7-10-28(24,27)33)18-13-25(32)34-17-18/h13,19-24,29,31,33H,3-12,14-17H2,1-2H3/t19-,20+,21+,22-,23+,24-,26+,27-,28+/m1/s1. The Morgan fingerprint density at radius 1 is 1.12 bits per heavy atom. The summed E-state index contributed by atoms with van der Waals surface area (Å²) in [5.41, 5.74) is 0.655. The van der Waals surface area contributed by atoms with Crippen molar-refractivity contribution in [1.29, 1.82) is 0 Å². The molecule has 0 unspecified atom stereocenters. The molecule has 2 aliphatic heterocycles. The van der Waals surface area contributed by atoms with E-state index in [4.69, 9.17) is 4.74 Å². The van der Waals surface area contributed by atoms with E-state index in [1.54, 1.807) is 6.08 Å². The summed E-state index contributed by atoms with van der Waals surface area (Å²) in [6.07, 6.45) is 11.9.